The van der Waals surface area contributed by atoms with E-state index in [0.717, 1.165) is 17.5 Å². The van der Waals surface area contributed by atoms with Gasteiger partial charge < -0.3 is 10.1 Å². The molecule has 2 aromatic rings. The third-order valence-corrected chi connectivity index (χ3v) is 3.45. The average Bonchev–Trinajstić information content (AvgIpc) is 2.48. The Hall–Kier alpha value is -2.00. The summed E-state index contributed by atoms with van der Waals surface area (Å²) in [5.74, 6) is 0.689. The van der Waals surface area contributed by atoms with Gasteiger partial charge in [-0.2, -0.15) is 0 Å². The molecule has 2 aromatic carbocycles. The van der Waals surface area contributed by atoms with Gasteiger partial charge in [0.25, 0.3) is 0 Å². The monoisotopic (exact) mass is 303 g/mol. The highest BCUT2D eigenvalue weighted by molar-refractivity contribution is 6.32. The van der Waals surface area contributed by atoms with Crippen LogP contribution in [-0.4, -0.2) is 19.6 Å². The van der Waals surface area contributed by atoms with Crippen LogP contribution in [0.4, 0.5) is 0 Å². The highest BCUT2D eigenvalue weighted by Gasteiger charge is 2.04. The summed E-state index contributed by atoms with van der Waals surface area (Å²) in [5, 5.41) is 3.50. The summed E-state index contributed by atoms with van der Waals surface area (Å²) in [4.78, 5) is 11.8. The van der Waals surface area contributed by atoms with Gasteiger partial charge in [-0.25, -0.2) is 0 Å². The summed E-state index contributed by atoms with van der Waals surface area (Å²) in [5.41, 5.74) is 2.09. The smallest absolute Gasteiger partial charge is 0.224 e. The van der Waals surface area contributed by atoms with E-state index in [-0.39, 0.29) is 5.91 Å². The maximum Gasteiger partial charge on any atom is 0.224 e. The van der Waals surface area contributed by atoms with Crippen molar-refractivity contribution >= 4 is 17.5 Å². The zero-order valence-electron chi connectivity index (χ0n) is 11.9. The predicted octanol–water partition coefficient (Wildman–Crippen LogP) is 3.25. The zero-order valence-corrected chi connectivity index (χ0v) is 12.7. The van der Waals surface area contributed by atoms with Gasteiger partial charge in [-0.3, -0.25) is 4.79 Å². The summed E-state index contributed by atoms with van der Waals surface area (Å²) >= 11 is 6.07. The number of carbonyl (C=O) groups is 1. The van der Waals surface area contributed by atoms with Crippen LogP contribution >= 0.6 is 11.6 Å². The molecule has 0 aliphatic heterocycles. The fourth-order valence-electron chi connectivity index (χ4n) is 2.06. The van der Waals surface area contributed by atoms with Crippen molar-refractivity contribution in [2.24, 2.45) is 0 Å². The molecular weight excluding hydrogens is 286 g/mol. The molecule has 3 nitrogen and oxygen atoms in total. The van der Waals surface area contributed by atoms with E-state index in [9.17, 15) is 4.79 Å². The van der Waals surface area contributed by atoms with Gasteiger partial charge in [0.1, 0.15) is 5.75 Å². The average molecular weight is 304 g/mol. The lowest BCUT2D eigenvalue weighted by molar-refractivity contribution is -0.120. The summed E-state index contributed by atoms with van der Waals surface area (Å²) in [7, 11) is 1.59. The Bertz CT molecular complexity index is 599. The van der Waals surface area contributed by atoms with Crippen molar-refractivity contribution in [2.75, 3.05) is 13.7 Å². The van der Waals surface area contributed by atoms with Crippen LogP contribution in [-0.2, 0) is 17.6 Å². The summed E-state index contributed by atoms with van der Waals surface area (Å²) in [6.07, 6.45) is 1.15. The van der Waals surface area contributed by atoms with Gasteiger partial charge in [0.15, 0.2) is 0 Å². The zero-order chi connectivity index (χ0) is 15.1. The third-order valence-electron chi connectivity index (χ3n) is 3.16. The molecule has 0 fully saturated rings. The second-order valence-electron chi connectivity index (χ2n) is 4.73. The topological polar surface area (TPSA) is 38.3 Å². The molecule has 1 N–H and O–H groups in total. The molecule has 0 radical (unpaired) electrons. The van der Waals surface area contributed by atoms with Gasteiger partial charge >= 0.3 is 0 Å². The standard InChI is InChI=1S/C17H18ClNO2/c1-21-16-8-7-14(11-15(16)18)9-10-19-17(20)12-13-5-3-2-4-6-13/h2-8,11H,9-10,12H2,1H3,(H,19,20). The second kappa shape index (κ2) is 7.70. The van der Waals surface area contributed by atoms with Crippen LogP contribution in [0.25, 0.3) is 0 Å². The molecule has 2 rings (SSSR count). The van der Waals surface area contributed by atoms with Crippen molar-refractivity contribution in [2.45, 2.75) is 12.8 Å². The van der Waals surface area contributed by atoms with Crippen LogP contribution in [0.3, 0.4) is 0 Å². The summed E-state index contributed by atoms with van der Waals surface area (Å²) in [6.45, 7) is 0.592. The molecule has 0 heterocycles. The molecule has 0 saturated carbocycles. The van der Waals surface area contributed by atoms with E-state index in [1.165, 1.54) is 0 Å². The summed E-state index contributed by atoms with van der Waals surface area (Å²) < 4.78 is 5.11. The Balaban J connectivity index is 1.79. The number of halogens is 1. The molecule has 0 unspecified atom stereocenters. The van der Waals surface area contributed by atoms with E-state index < -0.39 is 0 Å². The lowest BCUT2D eigenvalue weighted by Gasteiger charge is -2.08. The molecule has 4 heteroatoms. The first-order valence-electron chi connectivity index (χ1n) is 6.82. The number of benzene rings is 2. The van der Waals surface area contributed by atoms with Crippen LogP contribution in [0.5, 0.6) is 5.75 Å². The molecule has 0 spiro atoms. The van der Waals surface area contributed by atoms with Crippen LogP contribution in [0.1, 0.15) is 11.1 Å². The molecule has 110 valence electrons. The van der Waals surface area contributed by atoms with Crippen molar-refractivity contribution in [3.63, 3.8) is 0 Å². The van der Waals surface area contributed by atoms with E-state index in [1.54, 1.807) is 7.11 Å². The Morgan fingerprint density at radius 3 is 2.57 bits per heavy atom. The number of hydrogen-bond donors (Lipinski definition) is 1. The molecule has 0 aliphatic carbocycles. The molecule has 0 aliphatic rings. The molecular formula is C17H18ClNO2. The van der Waals surface area contributed by atoms with Gasteiger partial charge in [0.2, 0.25) is 5.91 Å². The highest BCUT2D eigenvalue weighted by Crippen LogP contribution is 2.24. The fraction of sp³-hybridized carbons (Fsp3) is 0.235. The quantitative estimate of drug-likeness (QED) is 0.889. The molecule has 0 atom stereocenters. The van der Waals surface area contributed by atoms with E-state index in [2.05, 4.69) is 5.32 Å². The lowest BCUT2D eigenvalue weighted by atomic mass is 10.1. The van der Waals surface area contributed by atoms with E-state index in [0.29, 0.717) is 23.7 Å². The number of methoxy groups -OCH3 is 1. The van der Waals surface area contributed by atoms with Crippen LogP contribution in [0, 0.1) is 0 Å². The lowest BCUT2D eigenvalue weighted by Crippen LogP contribution is -2.27. The fourth-order valence-corrected chi connectivity index (χ4v) is 2.34. The number of rotatable bonds is 6. The van der Waals surface area contributed by atoms with Gasteiger partial charge in [0.05, 0.1) is 18.6 Å². The van der Waals surface area contributed by atoms with E-state index in [1.807, 2.05) is 48.5 Å². The first-order valence-corrected chi connectivity index (χ1v) is 7.20. The van der Waals surface area contributed by atoms with Gasteiger partial charge in [-0.05, 0) is 29.7 Å². The van der Waals surface area contributed by atoms with Gasteiger partial charge in [-0.1, -0.05) is 48.0 Å². The van der Waals surface area contributed by atoms with Crippen molar-refractivity contribution in [3.8, 4) is 5.75 Å². The van der Waals surface area contributed by atoms with Crippen molar-refractivity contribution in [1.29, 1.82) is 0 Å². The van der Waals surface area contributed by atoms with Crippen LogP contribution in [0.2, 0.25) is 5.02 Å². The van der Waals surface area contributed by atoms with Crippen molar-refractivity contribution in [1.82, 2.24) is 5.32 Å². The number of ether oxygens (including phenoxy) is 1. The summed E-state index contributed by atoms with van der Waals surface area (Å²) in [6, 6.07) is 15.4. The first-order chi connectivity index (χ1) is 10.2. The minimum absolute atomic E-state index is 0.0285. The number of carbonyl (C=O) groups excluding carboxylic acids is 1. The van der Waals surface area contributed by atoms with Gasteiger partial charge in [0, 0.05) is 6.54 Å². The Kier molecular flexibility index (Phi) is 5.64. The second-order valence-corrected chi connectivity index (χ2v) is 5.14. The van der Waals surface area contributed by atoms with Crippen LogP contribution < -0.4 is 10.1 Å². The number of hydrogen-bond acceptors (Lipinski definition) is 2. The molecule has 1 amide bonds. The Morgan fingerprint density at radius 1 is 1.14 bits per heavy atom. The van der Waals surface area contributed by atoms with E-state index in [4.69, 9.17) is 16.3 Å². The molecule has 0 bridgehead atoms. The SMILES string of the molecule is COc1ccc(CCNC(=O)Cc2ccccc2)cc1Cl. The highest BCUT2D eigenvalue weighted by atomic mass is 35.5. The van der Waals surface area contributed by atoms with Crippen LogP contribution in [0.15, 0.2) is 48.5 Å². The minimum Gasteiger partial charge on any atom is -0.495 e. The maximum atomic E-state index is 11.8. The first kappa shape index (κ1) is 15.4. The van der Waals surface area contributed by atoms with Gasteiger partial charge in [-0.15, -0.1) is 0 Å². The van der Waals surface area contributed by atoms with Crippen molar-refractivity contribution < 1.29 is 9.53 Å². The molecule has 0 aromatic heterocycles. The maximum absolute atomic E-state index is 11.8. The van der Waals surface area contributed by atoms with E-state index >= 15 is 0 Å². The largest absolute Gasteiger partial charge is 0.495 e. The molecule has 21 heavy (non-hydrogen) atoms. The third kappa shape index (κ3) is 4.80. The number of amides is 1. The Labute approximate surface area is 129 Å². The predicted molar refractivity (Wildman–Crippen MR) is 84.9 cm³/mol. The van der Waals surface area contributed by atoms with Crippen molar-refractivity contribution in [3.05, 3.63) is 64.7 Å². The minimum atomic E-state index is 0.0285. The Morgan fingerprint density at radius 2 is 1.90 bits per heavy atom. The number of nitrogens with one attached hydrogen (secondary N) is 1. The molecule has 0 saturated heterocycles. The normalized spacial score (nSPS) is 10.2.